The number of hydrogen-bond acceptors (Lipinski definition) is 3. The number of hydrazine groups is 1. The summed E-state index contributed by atoms with van der Waals surface area (Å²) in [6.07, 6.45) is 0. The first-order chi connectivity index (χ1) is 11.4. The van der Waals surface area contributed by atoms with Crippen LogP contribution in [0.5, 0.6) is 5.75 Å². The van der Waals surface area contributed by atoms with E-state index in [0.29, 0.717) is 11.1 Å². The molecular formula is C21H28N2O2. The lowest BCUT2D eigenvalue weighted by molar-refractivity contribution is 0.0954. The highest BCUT2D eigenvalue weighted by atomic mass is 16.3. The molecule has 4 N–H and O–H groups in total. The zero-order valence-corrected chi connectivity index (χ0v) is 15.9. The molecule has 0 heterocycles. The number of carbonyl (C=O) groups is 1. The van der Waals surface area contributed by atoms with Gasteiger partial charge < -0.3 is 5.11 Å². The van der Waals surface area contributed by atoms with E-state index >= 15 is 0 Å². The molecule has 0 saturated heterocycles. The summed E-state index contributed by atoms with van der Waals surface area (Å²) in [4.78, 5) is 12.2. The topological polar surface area (TPSA) is 75.3 Å². The van der Waals surface area contributed by atoms with Crippen LogP contribution >= 0.6 is 0 Å². The SMILES string of the molecule is CC(C)(C)c1cc(-c2cc(O)ccc2C(=O)NN)cc(C(C)(C)C)c1. The van der Waals surface area contributed by atoms with Crippen LogP contribution in [-0.2, 0) is 10.8 Å². The molecule has 0 spiro atoms. The van der Waals surface area contributed by atoms with Gasteiger partial charge in [-0.05, 0) is 51.3 Å². The van der Waals surface area contributed by atoms with Gasteiger partial charge in [-0.1, -0.05) is 59.7 Å². The van der Waals surface area contributed by atoms with Crippen molar-refractivity contribution in [1.29, 1.82) is 0 Å². The Bertz CT molecular complexity index is 764. The zero-order valence-electron chi connectivity index (χ0n) is 15.9. The van der Waals surface area contributed by atoms with Gasteiger partial charge in [0.25, 0.3) is 5.91 Å². The van der Waals surface area contributed by atoms with Crippen molar-refractivity contribution in [3.05, 3.63) is 53.1 Å². The van der Waals surface area contributed by atoms with Gasteiger partial charge in [-0.15, -0.1) is 0 Å². The molecule has 0 bridgehead atoms. The second-order valence-corrected chi connectivity index (χ2v) is 8.50. The maximum absolute atomic E-state index is 12.2. The number of hydrogen-bond donors (Lipinski definition) is 3. The minimum atomic E-state index is -0.381. The molecule has 0 fully saturated rings. The summed E-state index contributed by atoms with van der Waals surface area (Å²) in [5.41, 5.74) is 6.46. The Kier molecular flexibility index (Phi) is 4.96. The molecule has 4 nitrogen and oxygen atoms in total. The summed E-state index contributed by atoms with van der Waals surface area (Å²) in [6, 6.07) is 11.1. The molecule has 2 rings (SSSR count). The number of aromatic hydroxyl groups is 1. The third kappa shape index (κ3) is 4.20. The zero-order chi connectivity index (χ0) is 19.0. The number of rotatable bonds is 2. The van der Waals surface area contributed by atoms with Crippen molar-refractivity contribution < 1.29 is 9.90 Å². The number of nitrogens with two attached hydrogens (primary N) is 1. The summed E-state index contributed by atoms with van der Waals surface area (Å²) < 4.78 is 0. The van der Waals surface area contributed by atoms with E-state index in [-0.39, 0.29) is 22.5 Å². The second kappa shape index (κ2) is 6.52. The maximum atomic E-state index is 12.2. The van der Waals surface area contributed by atoms with Crippen molar-refractivity contribution in [2.45, 2.75) is 52.4 Å². The molecule has 0 aliphatic heterocycles. The molecule has 0 aromatic heterocycles. The highest BCUT2D eigenvalue weighted by Gasteiger charge is 2.22. The summed E-state index contributed by atoms with van der Waals surface area (Å²) >= 11 is 0. The van der Waals surface area contributed by atoms with E-state index in [9.17, 15) is 9.90 Å². The van der Waals surface area contributed by atoms with Crippen LogP contribution in [-0.4, -0.2) is 11.0 Å². The quantitative estimate of drug-likeness (QED) is 0.434. The van der Waals surface area contributed by atoms with Gasteiger partial charge in [-0.25, -0.2) is 5.84 Å². The van der Waals surface area contributed by atoms with Gasteiger partial charge in [-0.2, -0.15) is 0 Å². The highest BCUT2D eigenvalue weighted by molar-refractivity contribution is 6.01. The first-order valence-electron chi connectivity index (χ1n) is 8.44. The van der Waals surface area contributed by atoms with E-state index in [1.165, 1.54) is 17.2 Å². The minimum Gasteiger partial charge on any atom is -0.508 e. The standard InChI is InChI=1S/C21H28N2O2/c1-20(2,3)14-9-13(10-15(11-14)21(4,5)6)18-12-16(24)7-8-17(18)19(25)23-22/h7-12,24H,22H2,1-6H3,(H,23,25). The van der Waals surface area contributed by atoms with Crippen LogP contribution in [0.4, 0.5) is 0 Å². The van der Waals surface area contributed by atoms with Crippen LogP contribution in [0.25, 0.3) is 11.1 Å². The Morgan fingerprint density at radius 3 is 1.88 bits per heavy atom. The first kappa shape index (κ1) is 19.0. The number of benzene rings is 2. The molecule has 4 heteroatoms. The van der Waals surface area contributed by atoms with E-state index < -0.39 is 0 Å². The molecule has 2 aromatic carbocycles. The summed E-state index contributed by atoms with van der Waals surface area (Å²) in [5.74, 6) is 5.06. The van der Waals surface area contributed by atoms with Gasteiger partial charge in [0.2, 0.25) is 0 Å². The second-order valence-electron chi connectivity index (χ2n) is 8.50. The fraction of sp³-hybridized carbons (Fsp3) is 0.381. The molecule has 25 heavy (non-hydrogen) atoms. The third-order valence-electron chi connectivity index (χ3n) is 4.35. The summed E-state index contributed by atoms with van der Waals surface area (Å²) in [7, 11) is 0. The Labute approximate surface area is 150 Å². The van der Waals surface area contributed by atoms with E-state index in [2.05, 4.69) is 65.2 Å². The average Bonchev–Trinajstić information content (AvgIpc) is 2.52. The Hall–Kier alpha value is -2.33. The molecule has 0 unspecified atom stereocenters. The largest absolute Gasteiger partial charge is 0.508 e. The van der Waals surface area contributed by atoms with Crippen molar-refractivity contribution in [3.63, 3.8) is 0 Å². The van der Waals surface area contributed by atoms with E-state index in [1.807, 2.05) is 0 Å². The lowest BCUT2D eigenvalue weighted by atomic mass is 9.78. The Morgan fingerprint density at radius 2 is 1.44 bits per heavy atom. The molecule has 0 radical (unpaired) electrons. The van der Waals surface area contributed by atoms with Gasteiger partial charge in [-0.3, -0.25) is 10.2 Å². The summed E-state index contributed by atoms with van der Waals surface area (Å²) in [5, 5.41) is 9.95. The van der Waals surface area contributed by atoms with E-state index in [1.54, 1.807) is 12.1 Å². The minimum absolute atomic E-state index is 0.0386. The number of phenols is 1. The van der Waals surface area contributed by atoms with Crippen molar-refractivity contribution in [1.82, 2.24) is 5.43 Å². The van der Waals surface area contributed by atoms with Gasteiger partial charge in [0.05, 0.1) is 0 Å². The summed E-state index contributed by atoms with van der Waals surface area (Å²) in [6.45, 7) is 13.0. The molecule has 2 aromatic rings. The third-order valence-corrected chi connectivity index (χ3v) is 4.35. The number of nitrogens with one attached hydrogen (secondary N) is 1. The van der Waals surface area contributed by atoms with Crippen molar-refractivity contribution in [2.24, 2.45) is 5.84 Å². The van der Waals surface area contributed by atoms with Gasteiger partial charge in [0.15, 0.2) is 0 Å². The van der Waals surface area contributed by atoms with Gasteiger partial charge >= 0.3 is 0 Å². The van der Waals surface area contributed by atoms with Crippen LogP contribution in [0.2, 0.25) is 0 Å². The van der Waals surface area contributed by atoms with E-state index in [4.69, 9.17) is 5.84 Å². The van der Waals surface area contributed by atoms with Crippen molar-refractivity contribution in [2.75, 3.05) is 0 Å². The smallest absolute Gasteiger partial charge is 0.265 e. The lowest BCUT2D eigenvalue weighted by Crippen LogP contribution is -2.30. The van der Waals surface area contributed by atoms with E-state index in [0.717, 1.165) is 5.56 Å². The average molecular weight is 340 g/mol. The molecule has 134 valence electrons. The normalized spacial score (nSPS) is 12.1. The fourth-order valence-corrected chi connectivity index (χ4v) is 2.70. The Balaban J connectivity index is 2.79. The molecule has 0 aliphatic rings. The lowest BCUT2D eigenvalue weighted by Gasteiger charge is -2.26. The van der Waals surface area contributed by atoms with Crippen LogP contribution < -0.4 is 11.3 Å². The van der Waals surface area contributed by atoms with Crippen LogP contribution in [0.1, 0.15) is 63.0 Å². The van der Waals surface area contributed by atoms with Gasteiger partial charge in [0, 0.05) is 5.56 Å². The Morgan fingerprint density at radius 1 is 0.920 bits per heavy atom. The van der Waals surface area contributed by atoms with Crippen molar-refractivity contribution in [3.8, 4) is 16.9 Å². The first-order valence-corrected chi connectivity index (χ1v) is 8.44. The van der Waals surface area contributed by atoms with Crippen LogP contribution in [0.15, 0.2) is 36.4 Å². The number of nitrogen functional groups attached to an aromatic ring is 1. The predicted molar refractivity (Wildman–Crippen MR) is 103 cm³/mol. The van der Waals surface area contributed by atoms with Gasteiger partial charge in [0.1, 0.15) is 5.75 Å². The van der Waals surface area contributed by atoms with Crippen LogP contribution in [0, 0.1) is 0 Å². The van der Waals surface area contributed by atoms with Crippen LogP contribution in [0.3, 0.4) is 0 Å². The molecular weight excluding hydrogens is 312 g/mol. The molecule has 0 atom stereocenters. The maximum Gasteiger partial charge on any atom is 0.265 e. The number of carbonyl (C=O) groups excluding carboxylic acids is 1. The number of amides is 1. The molecule has 0 aliphatic carbocycles. The molecule has 0 saturated carbocycles. The monoisotopic (exact) mass is 340 g/mol. The highest BCUT2D eigenvalue weighted by Crippen LogP contribution is 2.36. The molecule has 1 amide bonds. The predicted octanol–water partition coefficient (Wildman–Crippen LogP) is 4.26. The fourth-order valence-electron chi connectivity index (χ4n) is 2.70. The number of phenolic OH excluding ortho intramolecular Hbond substituents is 1. The van der Waals surface area contributed by atoms with Crippen molar-refractivity contribution >= 4 is 5.91 Å².